The largest absolute Gasteiger partial charge is 0.358 e. The highest BCUT2D eigenvalue weighted by Gasteiger charge is 2.33. The lowest BCUT2D eigenvalue weighted by atomic mass is 9.90. The molecule has 2 aromatic carbocycles. The van der Waals surface area contributed by atoms with Gasteiger partial charge in [-0.1, -0.05) is 30.3 Å². The van der Waals surface area contributed by atoms with Gasteiger partial charge in [-0.3, -0.25) is 14.9 Å². The fourth-order valence-corrected chi connectivity index (χ4v) is 3.94. The minimum atomic E-state index is -0.405. The van der Waals surface area contributed by atoms with Crippen LogP contribution in [0.1, 0.15) is 35.6 Å². The zero-order chi connectivity index (χ0) is 18.3. The monoisotopic (exact) mass is 346 g/mol. The van der Waals surface area contributed by atoms with Crippen molar-refractivity contribution in [2.75, 3.05) is 0 Å². The minimum absolute atomic E-state index is 0.0223. The van der Waals surface area contributed by atoms with E-state index in [1.165, 1.54) is 6.07 Å². The number of nitro benzene ring substituents is 1. The number of ketones is 1. The van der Waals surface area contributed by atoms with Gasteiger partial charge in [0.05, 0.1) is 10.5 Å². The van der Waals surface area contributed by atoms with Gasteiger partial charge in [0.1, 0.15) is 0 Å². The van der Waals surface area contributed by atoms with Crippen LogP contribution in [0.25, 0.3) is 17.0 Å². The number of para-hydroxylation sites is 2. The molecule has 1 unspecified atom stereocenters. The minimum Gasteiger partial charge on any atom is -0.358 e. The molecule has 1 aromatic heterocycles. The molecule has 4 rings (SSSR count). The number of benzene rings is 2. The number of aryl methyl sites for hydroxylation is 1. The summed E-state index contributed by atoms with van der Waals surface area (Å²) in [5.41, 5.74) is 4.37. The number of rotatable bonds is 3. The molecule has 26 heavy (non-hydrogen) atoms. The molecule has 3 aromatic rings. The number of hydrogen-bond acceptors (Lipinski definition) is 3. The molecule has 1 heterocycles. The molecule has 1 fully saturated rings. The van der Waals surface area contributed by atoms with Gasteiger partial charge in [-0.25, -0.2) is 0 Å². The van der Waals surface area contributed by atoms with Crippen molar-refractivity contribution in [1.29, 1.82) is 0 Å². The molecule has 5 heteroatoms. The smallest absolute Gasteiger partial charge is 0.276 e. The maximum Gasteiger partial charge on any atom is 0.276 e. The Hall–Kier alpha value is -3.21. The molecule has 1 atom stereocenters. The van der Waals surface area contributed by atoms with Crippen LogP contribution in [0.2, 0.25) is 0 Å². The van der Waals surface area contributed by atoms with Crippen molar-refractivity contribution in [3.63, 3.8) is 0 Å². The van der Waals surface area contributed by atoms with Crippen molar-refractivity contribution >= 4 is 28.4 Å². The quantitative estimate of drug-likeness (QED) is 0.416. The van der Waals surface area contributed by atoms with Gasteiger partial charge in [0, 0.05) is 40.6 Å². The van der Waals surface area contributed by atoms with Crippen LogP contribution < -0.4 is 0 Å². The summed E-state index contributed by atoms with van der Waals surface area (Å²) in [6, 6.07) is 14.6. The number of fused-ring (bicyclic) bond motifs is 1. The van der Waals surface area contributed by atoms with Crippen molar-refractivity contribution in [2.45, 2.75) is 25.7 Å². The summed E-state index contributed by atoms with van der Waals surface area (Å²) in [5, 5.41) is 12.4. The number of nitrogens with one attached hydrogen (secondary N) is 1. The Bertz CT molecular complexity index is 1060. The van der Waals surface area contributed by atoms with E-state index in [1.54, 1.807) is 24.3 Å². The Balaban J connectivity index is 1.87. The molecule has 0 radical (unpaired) electrons. The highest BCUT2D eigenvalue weighted by Crippen LogP contribution is 2.43. The van der Waals surface area contributed by atoms with Crippen LogP contribution in [0.4, 0.5) is 5.69 Å². The Morgan fingerprint density at radius 2 is 1.88 bits per heavy atom. The molecule has 1 aliphatic carbocycles. The predicted octanol–water partition coefficient (Wildman–Crippen LogP) is 4.91. The predicted molar refractivity (Wildman–Crippen MR) is 101 cm³/mol. The van der Waals surface area contributed by atoms with Crippen LogP contribution in [0, 0.1) is 17.0 Å². The molecule has 5 nitrogen and oxygen atoms in total. The maximum atomic E-state index is 12.6. The fraction of sp³-hybridized carbons (Fsp3) is 0.190. The molecule has 1 saturated carbocycles. The summed E-state index contributed by atoms with van der Waals surface area (Å²) in [7, 11) is 0. The highest BCUT2D eigenvalue weighted by molar-refractivity contribution is 6.05. The highest BCUT2D eigenvalue weighted by atomic mass is 16.6. The van der Waals surface area contributed by atoms with E-state index in [9.17, 15) is 14.9 Å². The van der Waals surface area contributed by atoms with Gasteiger partial charge in [0.15, 0.2) is 5.78 Å². The molecular weight excluding hydrogens is 328 g/mol. The molecule has 130 valence electrons. The van der Waals surface area contributed by atoms with Crippen LogP contribution in [0.3, 0.4) is 0 Å². The van der Waals surface area contributed by atoms with Gasteiger partial charge >= 0.3 is 0 Å². The van der Waals surface area contributed by atoms with Gasteiger partial charge in [-0.15, -0.1) is 0 Å². The number of allylic oxidation sites excluding steroid dienone is 1. The molecule has 0 amide bonds. The number of nitrogens with zero attached hydrogens (tertiary/aromatic N) is 1. The van der Waals surface area contributed by atoms with Gasteiger partial charge in [-0.2, -0.15) is 0 Å². The lowest BCUT2D eigenvalue weighted by Gasteiger charge is -2.12. The van der Waals surface area contributed by atoms with Crippen LogP contribution in [-0.2, 0) is 4.79 Å². The van der Waals surface area contributed by atoms with E-state index >= 15 is 0 Å². The van der Waals surface area contributed by atoms with Crippen molar-refractivity contribution in [3.05, 3.63) is 81.0 Å². The summed E-state index contributed by atoms with van der Waals surface area (Å²) in [5.74, 6) is 0.0243. The Labute approximate surface area is 150 Å². The molecule has 0 spiro atoms. The van der Waals surface area contributed by atoms with E-state index < -0.39 is 4.92 Å². The summed E-state index contributed by atoms with van der Waals surface area (Å²) in [4.78, 5) is 26.8. The number of aromatic nitrogens is 1. The summed E-state index contributed by atoms with van der Waals surface area (Å²) in [6.07, 6.45) is 2.91. The van der Waals surface area contributed by atoms with Gasteiger partial charge in [0.25, 0.3) is 5.69 Å². The number of aromatic amines is 1. The Morgan fingerprint density at radius 1 is 1.15 bits per heavy atom. The van der Waals surface area contributed by atoms with E-state index in [4.69, 9.17) is 0 Å². The van der Waals surface area contributed by atoms with E-state index in [1.807, 2.05) is 25.1 Å². The third-order valence-corrected chi connectivity index (χ3v) is 5.09. The number of hydrogen-bond donors (Lipinski definition) is 1. The lowest BCUT2D eigenvalue weighted by Crippen LogP contribution is -2.02. The average molecular weight is 346 g/mol. The Kier molecular flexibility index (Phi) is 3.92. The number of nitro groups is 1. The average Bonchev–Trinajstić information content (AvgIpc) is 3.14. The van der Waals surface area contributed by atoms with E-state index in [0.29, 0.717) is 17.6 Å². The van der Waals surface area contributed by atoms with Gasteiger partial charge < -0.3 is 4.98 Å². The first-order valence-corrected chi connectivity index (χ1v) is 8.61. The van der Waals surface area contributed by atoms with E-state index in [0.717, 1.165) is 28.6 Å². The molecule has 1 aliphatic rings. The first kappa shape index (κ1) is 16.3. The molecule has 0 aliphatic heterocycles. The summed E-state index contributed by atoms with van der Waals surface area (Å²) < 4.78 is 0. The molecule has 1 N–H and O–H groups in total. The number of carbonyl (C=O) groups excluding carboxylic acids is 1. The second kappa shape index (κ2) is 6.26. The van der Waals surface area contributed by atoms with Crippen molar-refractivity contribution in [3.8, 4) is 0 Å². The van der Waals surface area contributed by atoms with Gasteiger partial charge in [0.2, 0.25) is 0 Å². The maximum absolute atomic E-state index is 12.6. The summed E-state index contributed by atoms with van der Waals surface area (Å²) in [6.45, 7) is 2.01. The van der Waals surface area contributed by atoms with Crippen molar-refractivity contribution < 1.29 is 9.72 Å². The zero-order valence-electron chi connectivity index (χ0n) is 14.4. The number of H-pyrrole nitrogens is 1. The SMILES string of the molecule is Cc1[nH]c2ccccc2c1C1CCC(=O)/C1=C/c1ccccc1[N+](=O)[O-]. The molecular formula is C21H18N2O3. The third kappa shape index (κ3) is 2.62. The zero-order valence-corrected chi connectivity index (χ0v) is 14.4. The first-order chi connectivity index (χ1) is 12.6. The first-order valence-electron chi connectivity index (χ1n) is 8.61. The Morgan fingerprint density at radius 3 is 2.69 bits per heavy atom. The number of Topliss-reactive ketones (excluding diaryl/α,β-unsaturated/α-hetero) is 1. The van der Waals surface area contributed by atoms with Crippen LogP contribution in [-0.4, -0.2) is 15.7 Å². The number of carbonyl (C=O) groups is 1. The molecule has 0 saturated heterocycles. The standard InChI is InChI=1S/C21H18N2O3/c1-13-21(16-7-3-4-8-18(16)22-13)15-10-11-20(24)17(15)12-14-6-2-5-9-19(14)23(25)26/h2-9,12,15,22H,10-11H2,1H3/b17-12+. The van der Waals surface area contributed by atoms with E-state index in [2.05, 4.69) is 11.1 Å². The van der Waals surface area contributed by atoms with Gasteiger partial charge in [-0.05, 0) is 37.1 Å². The van der Waals surface area contributed by atoms with Crippen LogP contribution >= 0.6 is 0 Å². The van der Waals surface area contributed by atoms with Crippen molar-refractivity contribution in [2.24, 2.45) is 0 Å². The molecule has 0 bridgehead atoms. The van der Waals surface area contributed by atoms with Crippen molar-refractivity contribution in [1.82, 2.24) is 4.98 Å². The normalized spacial score (nSPS) is 18.7. The summed E-state index contributed by atoms with van der Waals surface area (Å²) >= 11 is 0. The van der Waals surface area contributed by atoms with E-state index in [-0.39, 0.29) is 17.4 Å². The fourth-order valence-electron chi connectivity index (χ4n) is 3.94. The lowest BCUT2D eigenvalue weighted by molar-refractivity contribution is -0.385. The van der Waals surface area contributed by atoms with Crippen LogP contribution in [0.5, 0.6) is 0 Å². The second-order valence-corrected chi connectivity index (χ2v) is 6.64. The second-order valence-electron chi connectivity index (χ2n) is 6.64. The third-order valence-electron chi connectivity index (χ3n) is 5.09. The topological polar surface area (TPSA) is 76.0 Å². The van der Waals surface area contributed by atoms with Crippen LogP contribution in [0.15, 0.2) is 54.1 Å².